The molecule has 1 unspecified atom stereocenters. The van der Waals surface area contributed by atoms with E-state index in [1.165, 1.54) is 18.3 Å². The topological polar surface area (TPSA) is 165 Å². The molecule has 51 heavy (non-hydrogen) atoms. The number of benzene rings is 1. The maximum atomic E-state index is 13.9. The Kier molecular flexibility index (Phi) is 11.3. The third kappa shape index (κ3) is 8.37. The van der Waals surface area contributed by atoms with E-state index in [2.05, 4.69) is 25.8 Å². The number of aliphatic imine (C=N–C) groups is 1. The van der Waals surface area contributed by atoms with Gasteiger partial charge in [0.1, 0.15) is 34.4 Å². The zero-order valence-electron chi connectivity index (χ0n) is 28.4. The average molecular weight is 728 g/mol. The van der Waals surface area contributed by atoms with Gasteiger partial charge in [0.15, 0.2) is 11.6 Å². The zero-order chi connectivity index (χ0) is 36.1. The fourth-order valence-corrected chi connectivity index (χ4v) is 7.80. The van der Waals surface area contributed by atoms with Crippen LogP contribution in [0, 0.1) is 6.92 Å². The van der Waals surface area contributed by atoms with Crippen LogP contribution in [-0.2, 0) is 20.8 Å². The summed E-state index contributed by atoms with van der Waals surface area (Å²) in [7, 11) is 0. The van der Waals surface area contributed by atoms with Crippen molar-refractivity contribution in [3.8, 4) is 16.1 Å². The molecule has 2 aliphatic rings. The zero-order valence-corrected chi connectivity index (χ0v) is 30.0. The highest BCUT2D eigenvalue weighted by Gasteiger charge is 2.31. The van der Waals surface area contributed by atoms with Crippen LogP contribution in [0.15, 0.2) is 47.5 Å². The van der Waals surface area contributed by atoms with Gasteiger partial charge in [-0.3, -0.25) is 38.8 Å². The first-order valence-electron chi connectivity index (χ1n) is 17.1. The first-order chi connectivity index (χ1) is 24.6. The maximum Gasteiger partial charge on any atom is 0.270 e. The normalized spacial score (nSPS) is 16.6. The number of nitrogens with zero attached hydrogens (tertiary/aromatic N) is 5. The van der Waals surface area contributed by atoms with Gasteiger partial charge in [-0.2, -0.15) is 0 Å². The van der Waals surface area contributed by atoms with Crippen LogP contribution in [0.25, 0.3) is 16.1 Å². The van der Waals surface area contributed by atoms with Crippen molar-refractivity contribution in [3.05, 3.63) is 81.0 Å². The molecule has 0 aliphatic carbocycles. The number of Topliss-reactive ketones (excluding diaryl/α,β-unsaturated/α-hetero) is 2. The summed E-state index contributed by atoms with van der Waals surface area (Å²) >= 11 is 7.62. The van der Waals surface area contributed by atoms with Crippen molar-refractivity contribution >= 4 is 58.4 Å². The summed E-state index contributed by atoms with van der Waals surface area (Å²) in [5, 5.41) is 15.0. The summed E-state index contributed by atoms with van der Waals surface area (Å²) in [5.74, 6) is 0.0106. The number of fused-ring (bicyclic) bond motifs is 3. The monoisotopic (exact) mass is 727 g/mol. The molecule has 14 heteroatoms. The number of halogens is 1. The number of hydrogen-bond donors (Lipinski definition) is 2. The van der Waals surface area contributed by atoms with Crippen LogP contribution in [0.5, 0.6) is 0 Å². The number of aryl methyl sites for hydroxylation is 2. The third-order valence-corrected chi connectivity index (χ3v) is 10.4. The van der Waals surface area contributed by atoms with Crippen LogP contribution < -0.4 is 10.6 Å². The lowest BCUT2D eigenvalue weighted by Crippen LogP contribution is -2.52. The molecule has 0 saturated carbocycles. The minimum absolute atomic E-state index is 0.00217. The molecule has 0 radical (unpaired) electrons. The number of pyridine rings is 1. The van der Waals surface area contributed by atoms with E-state index in [1.807, 2.05) is 29.7 Å². The largest absolute Gasteiger partial charge is 0.339 e. The average Bonchev–Trinajstić information content (AvgIpc) is 3.63. The molecule has 12 nitrogen and oxygen atoms in total. The standard InChI is InChI=1S/C37H38ClN7O5S/c1-21(46)19-29-34-44-43-22(2)45(34)37-26(20-39-29)32(23-13-15-24(38)16-14-23)33(51-37)30(47)12-7-5-3-4-6-9-25-10-8-11-27(40-25)35(49)41-28-17-18-31(48)42-36(28)50/h8,10-11,13-16,20,28-29H,3-7,9,12,17-19H2,1-2H3,(H,41,49)(H,42,48,50)/t28?,29-/m0/s1. The summed E-state index contributed by atoms with van der Waals surface area (Å²) in [4.78, 5) is 71.9. The number of carbonyl (C=O) groups excluding carboxylic acids is 5. The summed E-state index contributed by atoms with van der Waals surface area (Å²) < 4.78 is 1.92. The van der Waals surface area contributed by atoms with Crippen LogP contribution in [0.2, 0.25) is 5.02 Å². The van der Waals surface area contributed by atoms with Crippen molar-refractivity contribution < 1.29 is 24.0 Å². The van der Waals surface area contributed by atoms with E-state index in [4.69, 9.17) is 16.6 Å². The van der Waals surface area contributed by atoms with E-state index in [-0.39, 0.29) is 42.4 Å². The molecule has 0 spiro atoms. The molecule has 6 rings (SSSR count). The van der Waals surface area contributed by atoms with Crippen molar-refractivity contribution in [2.45, 2.75) is 90.1 Å². The maximum absolute atomic E-state index is 13.9. The number of aromatic nitrogens is 4. The summed E-state index contributed by atoms with van der Waals surface area (Å²) in [6.07, 6.45) is 7.91. The molecule has 4 aromatic rings. The quantitative estimate of drug-likeness (QED) is 0.0893. The number of amides is 3. The number of ketones is 2. The van der Waals surface area contributed by atoms with Gasteiger partial charge in [0.25, 0.3) is 5.91 Å². The second-order valence-electron chi connectivity index (χ2n) is 12.9. The van der Waals surface area contributed by atoms with E-state index >= 15 is 0 Å². The highest BCUT2D eigenvalue weighted by Crippen LogP contribution is 2.42. The van der Waals surface area contributed by atoms with Crippen molar-refractivity contribution in [1.82, 2.24) is 30.4 Å². The molecule has 3 aromatic heterocycles. The molecule has 2 atom stereocenters. The van der Waals surface area contributed by atoms with Gasteiger partial charge in [-0.05, 0) is 69.4 Å². The van der Waals surface area contributed by atoms with E-state index in [0.717, 1.165) is 59.5 Å². The van der Waals surface area contributed by atoms with Gasteiger partial charge in [-0.1, -0.05) is 49.1 Å². The van der Waals surface area contributed by atoms with Crippen LogP contribution in [-0.4, -0.2) is 61.3 Å². The van der Waals surface area contributed by atoms with E-state index in [9.17, 15) is 24.0 Å². The lowest BCUT2D eigenvalue weighted by Gasteiger charge is -2.21. The highest BCUT2D eigenvalue weighted by molar-refractivity contribution is 7.17. The van der Waals surface area contributed by atoms with Crippen molar-refractivity contribution in [2.24, 2.45) is 4.99 Å². The molecule has 1 fully saturated rings. The molecule has 264 valence electrons. The van der Waals surface area contributed by atoms with Gasteiger partial charge in [0, 0.05) is 47.3 Å². The second kappa shape index (κ2) is 16.0. The number of nitrogens with one attached hydrogen (secondary N) is 2. The minimum atomic E-state index is -0.752. The van der Waals surface area contributed by atoms with Crippen LogP contribution in [0.3, 0.4) is 0 Å². The first kappa shape index (κ1) is 35.9. The number of piperidine rings is 1. The predicted molar refractivity (Wildman–Crippen MR) is 194 cm³/mol. The summed E-state index contributed by atoms with van der Waals surface area (Å²) in [5.41, 5.74) is 3.47. The van der Waals surface area contributed by atoms with Gasteiger partial charge >= 0.3 is 0 Å². The Bertz CT molecular complexity index is 2020. The Morgan fingerprint density at radius 2 is 1.78 bits per heavy atom. The van der Waals surface area contributed by atoms with Crippen molar-refractivity contribution in [2.75, 3.05) is 0 Å². The summed E-state index contributed by atoms with van der Waals surface area (Å²) in [6.45, 7) is 3.39. The Hall–Kier alpha value is -4.88. The van der Waals surface area contributed by atoms with E-state index in [0.29, 0.717) is 34.4 Å². The highest BCUT2D eigenvalue weighted by atomic mass is 35.5. The molecule has 2 aliphatic heterocycles. The van der Waals surface area contributed by atoms with Crippen molar-refractivity contribution in [3.63, 3.8) is 0 Å². The van der Waals surface area contributed by atoms with Crippen LogP contribution in [0.4, 0.5) is 0 Å². The fourth-order valence-electron chi connectivity index (χ4n) is 6.35. The van der Waals surface area contributed by atoms with Crippen LogP contribution in [0.1, 0.15) is 114 Å². The number of hydrogen-bond acceptors (Lipinski definition) is 10. The number of carbonyl (C=O) groups is 5. The molecule has 0 bridgehead atoms. The van der Waals surface area contributed by atoms with Crippen LogP contribution >= 0.6 is 22.9 Å². The smallest absolute Gasteiger partial charge is 0.270 e. The SMILES string of the molecule is CC(=O)C[C@@H]1N=Cc2c(sc(C(=O)CCCCCCCc3cccc(C(=O)NC4CCC(=O)NC4=O)n3)c2-c2ccc(Cl)cc2)-n2c(C)nnc21. The minimum Gasteiger partial charge on any atom is -0.339 e. The Balaban J connectivity index is 1.06. The first-order valence-corrected chi connectivity index (χ1v) is 18.3. The molecule has 2 N–H and O–H groups in total. The second-order valence-corrected chi connectivity index (χ2v) is 14.3. The van der Waals surface area contributed by atoms with E-state index < -0.39 is 23.9 Å². The molecule has 1 aromatic carbocycles. The number of thiophene rings is 1. The van der Waals surface area contributed by atoms with Gasteiger partial charge in [0.05, 0.1) is 4.88 Å². The lowest BCUT2D eigenvalue weighted by atomic mass is 9.98. The molecule has 5 heterocycles. The molecule has 1 saturated heterocycles. The number of unbranched alkanes of at least 4 members (excludes halogenated alkanes) is 4. The van der Waals surface area contributed by atoms with Gasteiger partial charge < -0.3 is 5.32 Å². The van der Waals surface area contributed by atoms with Gasteiger partial charge in [0.2, 0.25) is 11.8 Å². The Morgan fingerprint density at radius 3 is 2.55 bits per heavy atom. The third-order valence-electron chi connectivity index (χ3n) is 8.95. The number of rotatable bonds is 14. The van der Waals surface area contributed by atoms with Gasteiger partial charge in [-0.25, -0.2) is 4.98 Å². The Labute approximate surface area is 304 Å². The van der Waals surface area contributed by atoms with Gasteiger partial charge in [-0.15, -0.1) is 21.5 Å². The predicted octanol–water partition coefficient (Wildman–Crippen LogP) is 6.11. The lowest BCUT2D eigenvalue weighted by molar-refractivity contribution is -0.134. The van der Waals surface area contributed by atoms with E-state index in [1.54, 1.807) is 30.5 Å². The molecular formula is C37H38ClN7O5S. The Morgan fingerprint density at radius 1 is 1.02 bits per heavy atom. The fraction of sp³-hybridized carbons (Fsp3) is 0.378. The molecule has 3 amide bonds. The number of imide groups is 1. The van der Waals surface area contributed by atoms with Crippen molar-refractivity contribution in [1.29, 1.82) is 0 Å². The summed E-state index contributed by atoms with van der Waals surface area (Å²) in [6, 6.07) is 11.5. The molecular weight excluding hydrogens is 690 g/mol.